The molecule has 0 aromatic rings. The minimum Gasteiger partial charge on any atom is -0.394 e. The molecule has 0 aromatic heterocycles. The van der Waals surface area contributed by atoms with E-state index in [-0.39, 0.29) is 12.8 Å². The Hall–Kier alpha value is -2.43. The molecule has 27 heteroatoms. The number of hydrogen-bond donors (Lipinski definition) is 16. The molecule has 0 aromatic carbocycles. The summed E-state index contributed by atoms with van der Waals surface area (Å²) in [5.74, 6) is -1.95. The number of hydrogen-bond acceptors (Lipinski definition) is 24. The summed E-state index contributed by atoms with van der Waals surface area (Å²) >= 11 is 0. The molecule has 3 amide bonds. The molecule has 522 valence electrons. The summed E-state index contributed by atoms with van der Waals surface area (Å²) in [6.45, 7) is 2.42. The van der Waals surface area contributed by atoms with E-state index in [1.54, 1.807) is 0 Å². The highest BCUT2D eigenvalue weighted by Gasteiger charge is 2.56. The molecular formula is C62H115N3O24. The van der Waals surface area contributed by atoms with Gasteiger partial charge in [-0.25, -0.2) is 0 Å². The van der Waals surface area contributed by atoms with Crippen molar-refractivity contribution in [3.05, 3.63) is 0 Å². The van der Waals surface area contributed by atoms with Crippen LogP contribution in [-0.4, -0.2) is 258 Å². The van der Waals surface area contributed by atoms with Gasteiger partial charge in [0.05, 0.1) is 45.2 Å². The summed E-state index contributed by atoms with van der Waals surface area (Å²) < 4.78 is 47.5. The van der Waals surface area contributed by atoms with Gasteiger partial charge in [-0.2, -0.15) is 0 Å². The number of ether oxygens (including phenoxy) is 8. The van der Waals surface area contributed by atoms with Crippen LogP contribution < -0.4 is 16.0 Å². The van der Waals surface area contributed by atoms with Crippen LogP contribution in [-0.2, 0) is 52.3 Å². The summed E-state index contributed by atoms with van der Waals surface area (Å²) in [5.41, 5.74) is 0. The Morgan fingerprint density at radius 2 is 0.798 bits per heavy atom. The van der Waals surface area contributed by atoms with Crippen LogP contribution in [0, 0.1) is 0 Å². The van der Waals surface area contributed by atoms with E-state index in [0.29, 0.717) is 12.8 Å². The van der Waals surface area contributed by atoms with E-state index < -0.39 is 192 Å². The molecule has 0 radical (unpaired) electrons. The van der Waals surface area contributed by atoms with E-state index in [0.717, 1.165) is 65.2 Å². The first kappa shape index (κ1) is 79.0. The van der Waals surface area contributed by atoms with Crippen LogP contribution >= 0.6 is 0 Å². The van der Waals surface area contributed by atoms with Gasteiger partial charge in [-0.15, -0.1) is 0 Å². The van der Waals surface area contributed by atoms with E-state index in [2.05, 4.69) is 29.8 Å². The highest BCUT2D eigenvalue weighted by atomic mass is 16.8. The smallest absolute Gasteiger partial charge is 0.220 e. The molecule has 4 rings (SSSR count). The summed E-state index contributed by atoms with van der Waals surface area (Å²) in [6.07, 6.45) is -6.68. The average Bonchev–Trinajstić information content (AvgIpc) is 1.06. The van der Waals surface area contributed by atoms with Crippen LogP contribution in [0.25, 0.3) is 0 Å². The second kappa shape index (κ2) is 43.5. The van der Waals surface area contributed by atoms with Crippen LogP contribution in [0.3, 0.4) is 0 Å². The van der Waals surface area contributed by atoms with Crippen LogP contribution in [0.15, 0.2) is 0 Å². The normalized spacial score (nSPS) is 33.5. The zero-order valence-electron chi connectivity index (χ0n) is 53.2. The molecule has 27 nitrogen and oxygen atoms in total. The number of rotatable bonds is 45. The minimum atomic E-state index is -2.00. The van der Waals surface area contributed by atoms with Crippen LogP contribution in [0.4, 0.5) is 0 Å². The highest BCUT2D eigenvalue weighted by Crippen LogP contribution is 2.35. The average molecular weight is 1290 g/mol. The molecule has 23 atom stereocenters. The van der Waals surface area contributed by atoms with Gasteiger partial charge in [0.2, 0.25) is 17.7 Å². The Morgan fingerprint density at radius 3 is 1.29 bits per heavy atom. The van der Waals surface area contributed by atoms with Crippen molar-refractivity contribution in [3.8, 4) is 0 Å². The zero-order chi connectivity index (χ0) is 65.4. The van der Waals surface area contributed by atoms with Gasteiger partial charge in [-0.3, -0.25) is 14.4 Å². The predicted molar refractivity (Wildman–Crippen MR) is 321 cm³/mol. The lowest BCUT2D eigenvalue weighted by molar-refractivity contribution is -0.369. The van der Waals surface area contributed by atoms with Crippen molar-refractivity contribution in [1.29, 1.82) is 0 Å². The van der Waals surface area contributed by atoms with Gasteiger partial charge in [0.25, 0.3) is 0 Å². The number of carbonyl (C=O) groups excluding carboxylic acids is 3. The lowest BCUT2D eigenvalue weighted by atomic mass is 9.93. The first-order valence-corrected chi connectivity index (χ1v) is 33.4. The maximum Gasteiger partial charge on any atom is 0.220 e. The van der Waals surface area contributed by atoms with E-state index in [4.69, 9.17) is 37.9 Å². The molecule has 4 fully saturated rings. The second-order valence-electron chi connectivity index (χ2n) is 24.8. The molecule has 0 spiro atoms. The van der Waals surface area contributed by atoms with Crippen LogP contribution in [0.2, 0.25) is 0 Å². The Balaban J connectivity index is 1.45. The van der Waals surface area contributed by atoms with Crippen LogP contribution in [0.1, 0.15) is 201 Å². The fourth-order valence-corrected chi connectivity index (χ4v) is 12.1. The van der Waals surface area contributed by atoms with Crippen molar-refractivity contribution in [2.24, 2.45) is 0 Å². The molecule has 4 saturated heterocycles. The Bertz CT molecular complexity index is 1900. The quantitative estimate of drug-likeness (QED) is 0.0366. The van der Waals surface area contributed by atoms with Gasteiger partial charge in [-0.05, 0) is 12.8 Å². The van der Waals surface area contributed by atoms with E-state index in [9.17, 15) is 80.8 Å². The van der Waals surface area contributed by atoms with Gasteiger partial charge in [0, 0.05) is 20.3 Å². The van der Waals surface area contributed by atoms with E-state index in [1.807, 2.05) is 0 Å². The lowest BCUT2D eigenvalue weighted by Crippen LogP contribution is -2.71. The molecule has 4 heterocycles. The highest BCUT2D eigenvalue weighted by molar-refractivity contribution is 5.76. The van der Waals surface area contributed by atoms with Crippen molar-refractivity contribution < 1.29 is 119 Å². The maximum absolute atomic E-state index is 13.5. The topological polar surface area (TPSA) is 424 Å². The fourth-order valence-electron chi connectivity index (χ4n) is 12.1. The van der Waals surface area contributed by atoms with Gasteiger partial charge in [-0.1, -0.05) is 168 Å². The van der Waals surface area contributed by atoms with Gasteiger partial charge in [0.1, 0.15) is 104 Å². The van der Waals surface area contributed by atoms with Crippen molar-refractivity contribution in [3.63, 3.8) is 0 Å². The van der Waals surface area contributed by atoms with Gasteiger partial charge < -0.3 is 120 Å². The molecule has 16 N–H and O–H groups in total. The van der Waals surface area contributed by atoms with Crippen molar-refractivity contribution in [2.45, 2.75) is 342 Å². The third-order valence-corrected chi connectivity index (χ3v) is 17.4. The van der Waals surface area contributed by atoms with Gasteiger partial charge in [0.15, 0.2) is 25.2 Å². The SMILES string of the molecule is CCCCCCCCCCCCCCCC(=O)N[C@@H](CO[C@@H]1O[C@H](CO)[C@@H](O[C@@H]2O[C@H](CO)[C@H](O)[C@H](O[C@@H]3O[C@H](CO)[C@@H](O[C@@H]4O[C@H](CO)[C@H](O)[C@H](O)[C@H]4O)[C@H](O)[C@H]3NC(C)=O)[C@H]2NC(C)=O)[C@H](O)[C@H]1O)[C@H](O)[C@H](O)CCCCCCCCCCCCCC. The summed E-state index contributed by atoms with van der Waals surface area (Å²) in [4.78, 5) is 39.1. The van der Waals surface area contributed by atoms with Crippen LogP contribution in [0.5, 0.6) is 0 Å². The molecule has 0 aliphatic carbocycles. The number of aliphatic hydroxyl groups is 13. The summed E-state index contributed by atoms with van der Waals surface area (Å²) in [6, 6.07) is -4.55. The zero-order valence-corrected chi connectivity index (χ0v) is 53.2. The Labute approximate surface area is 525 Å². The largest absolute Gasteiger partial charge is 0.394 e. The summed E-state index contributed by atoms with van der Waals surface area (Å²) in [5, 5.41) is 150. The maximum atomic E-state index is 13.5. The number of unbranched alkanes of at least 4 members (excludes halogenated alkanes) is 23. The van der Waals surface area contributed by atoms with Crippen molar-refractivity contribution in [1.82, 2.24) is 16.0 Å². The molecule has 4 aliphatic rings. The third-order valence-electron chi connectivity index (χ3n) is 17.4. The molecule has 0 saturated carbocycles. The molecule has 0 bridgehead atoms. The van der Waals surface area contributed by atoms with Crippen molar-refractivity contribution >= 4 is 17.7 Å². The molecule has 4 aliphatic heterocycles. The number of amides is 3. The molecule has 89 heavy (non-hydrogen) atoms. The standard InChI is InChI=1S/C62H115N3O24/c1-5-7-9-11-13-15-17-19-21-23-25-27-29-31-45(73)65-39(48(74)40(72)30-28-26-24-22-20-18-16-14-12-10-8-6-2)36-82-61-55(81)53(79)57(44(35-69)86-61)87-60-47(64-38(4)71)58(50(76)42(33-67)83-60)89-59-46(63-37(3)70)51(77)56(43(34-68)85-59)88-62-54(80)52(78)49(75)41(32-66)84-62/h39-44,46-62,66-69,72,74-81H,5-36H2,1-4H3,(H,63,70)(H,64,71)(H,65,73)/t39-,40+,41+,42+,43+,44+,46+,47+,48-,49-,50-,51+,52-,53+,54+,55+,56+,57+,58+,59-,60-,61+,62-/m0/s1. The first-order chi connectivity index (χ1) is 42.8. The Morgan fingerprint density at radius 1 is 0.416 bits per heavy atom. The summed E-state index contributed by atoms with van der Waals surface area (Å²) in [7, 11) is 0. The number of aliphatic hydroxyl groups excluding tert-OH is 13. The first-order valence-electron chi connectivity index (χ1n) is 33.4. The molecular weight excluding hydrogens is 1170 g/mol. The predicted octanol–water partition coefficient (Wildman–Crippen LogP) is 0.342. The van der Waals surface area contributed by atoms with Crippen molar-refractivity contribution in [2.75, 3.05) is 33.0 Å². The van der Waals surface area contributed by atoms with E-state index in [1.165, 1.54) is 96.3 Å². The third kappa shape index (κ3) is 26.0. The lowest BCUT2D eigenvalue weighted by Gasteiger charge is -2.50. The molecule has 0 unspecified atom stereocenters. The monoisotopic (exact) mass is 1290 g/mol. The minimum absolute atomic E-state index is 0.143. The van der Waals surface area contributed by atoms with E-state index >= 15 is 0 Å². The Kier molecular flexibility index (Phi) is 38.6. The second-order valence-corrected chi connectivity index (χ2v) is 24.8. The number of carbonyl (C=O) groups is 3. The van der Waals surface area contributed by atoms with Gasteiger partial charge >= 0.3 is 0 Å². The number of nitrogens with one attached hydrogen (secondary N) is 3. The fraction of sp³-hybridized carbons (Fsp3) is 0.952.